The molecule has 3 atom stereocenters. The third kappa shape index (κ3) is 26.6. The molecule has 0 amide bonds. The molecule has 0 aromatic rings. The molecule has 3 unspecified atom stereocenters. The fraction of sp³-hybridized carbons (Fsp3) is 0.935. The van der Waals surface area contributed by atoms with Gasteiger partial charge in [0, 0.05) is 12.8 Å². The second kappa shape index (κ2) is 28.7. The minimum absolute atomic E-state index is 0.195. The fourth-order valence-electron chi connectivity index (χ4n) is 4.47. The van der Waals surface area contributed by atoms with Gasteiger partial charge in [-0.25, -0.2) is 4.57 Å². The van der Waals surface area contributed by atoms with Crippen molar-refractivity contribution in [1.29, 1.82) is 0 Å². The second-order valence-electron chi connectivity index (χ2n) is 11.2. The van der Waals surface area contributed by atoms with Crippen molar-refractivity contribution in [2.24, 2.45) is 0 Å². The number of esters is 2. The number of ether oxygens (including phenoxy) is 2. The van der Waals surface area contributed by atoms with E-state index in [1.165, 1.54) is 70.6 Å². The van der Waals surface area contributed by atoms with Crippen LogP contribution in [-0.4, -0.2) is 65.7 Å². The number of phosphoric acid groups is 1. The van der Waals surface area contributed by atoms with E-state index < -0.39 is 58.4 Å². The minimum atomic E-state index is -4.61. The van der Waals surface area contributed by atoms with Crippen molar-refractivity contribution >= 4 is 19.8 Å². The Morgan fingerprint density at radius 3 is 1.12 bits per heavy atom. The van der Waals surface area contributed by atoms with Gasteiger partial charge in [0.1, 0.15) is 12.2 Å². The molecule has 0 rings (SSSR count). The van der Waals surface area contributed by atoms with Crippen LogP contribution in [0.1, 0.15) is 149 Å². The monoisotopic (exact) mass is 624 g/mol. The van der Waals surface area contributed by atoms with Gasteiger partial charge < -0.3 is 24.6 Å². The zero-order chi connectivity index (χ0) is 31.3. The first-order valence-electron chi connectivity index (χ1n) is 16.5. The molecule has 0 radical (unpaired) electrons. The van der Waals surface area contributed by atoms with Crippen LogP contribution in [-0.2, 0) is 32.7 Å². The van der Waals surface area contributed by atoms with Gasteiger partial charge in [0.25, 0.3) is 0 Å². The Balaban J connectivity index is 4.03. The van der Waals surface area contributed by atoms with Crippen LogP contribution >= 0.6 is 7.82 Å². The molecule has 42 heavy (non-hydrogen) atoms. The summed E-state index contributed by atoms with van der Waals surface area (Å²) in [6.45, 7) is 2.12. The lowest BCUT2D eigenvalue weighted by Gasteiger charge is -2.20. The van der Waals surface area contributed by atoms with Gasteiger partial charge in [-0.15, -0.1) is 0 Å². The van der Waals surface area contributed by atoms with Crippen LogP contribution in [0, 0.1) is 0 Å². The Morgan fingerprint density at radius 2 is 0.833 bits per heavy atom. The molecule has 0 aromatic carbocycles. The van der Waals surface area contributed by atoms with Gasteiger partial charge in [-0.05, 0) is 12.8 Å². The standard InChI is InChI=1S/C31H61O10P/c1-3-5-7-9-11-12-13-14-15-17-19-21-23-31(35)41-29(25-33)27-39-42(36,37)38-26-28(24-32)40-30(34)22-20-18-16-10-8-6-4-2/h28-29,32-33H,3-27H2,1-2H3,(H,36,37). The van der Waals surface area contributed by atoms with E-state index in [-0.39, 0.29) is 12.8 Å². The van der Waals surface area contributed by atoms with Crippen LogP contribution in [0.3, 0.4) is 0 Å². The maximum absolute atomic E-state index is 12.2. The molecule has 11 heteroatoms. The number of hydrogen-bond acceptors (Lipinski definition) is 9. The average Bonchev–Trinajstić information content (AvgIpc) is 2.97. The number of aliphatic hydroxyl groups excluding tert-OH is 2. The first-order chi connectivity index (χ1) is 20.3. The Kier molecular flexibility index (Phi) is 28.0. The van der Waals surface area contributed by atoms with Gasteiger partial charge in [0.2, 0.25) is 0 Å². The lowest BCUT2D eigenvalue weighted by molar-refractivity contribution is -0.153. The predicted molar refractivity (Wildman–Crippen MR) is 164 cm³/mol. The predicted octanol–water partition coefficient (Wildman–Crippen LogP) is 7.16. The van der Waals surface area contributed by atoms with Gasteiger partial charge in [-0.2, -0.15) is 0 Å². The highest BCUT2D eigenvalue weighted by atomic mass is 31.2. The number of phosphoric ester groups is 1. The van der Waals surface area contributed by atoms with Crippen molar-refractivity contribution in [2.75, 3.05) is 26.4 Å². The fourth-order valence-corrected chi connectivity index (χ4v) is 5.25. The molecule has 0 aliphatic carbocycles. The van der Waals surface area contributed by atoms with E-state index in [0.717, 1.165) is 38.5 Å². The summed E-state index contributed by atoms with van der Waals surface area (Å²) in [5, 5.41) is 18.9. The molecule has 0 spiro atoms. The van der Waals surface area contributed by atoms with E-state index in [1.54, 1.807) is 0 Å². The van der Waals surface area contributed by atoms with E-state index in [2.05, 4.69) is 13.8 Å². The summed E-state index contributed by atoms with van der Waals surface area (Å²) in [6.07, 6.45) is 19.7. The number of aliphatic hydroxyl groups is 2. The molecule has 0 bridgehead atoms. The maximum Gasteiger partial charge on any atom is 0.472 e. The van der Waals surface area contributed by atoms with Crippen molar-refractivity contribution < 1.29 is 47.8 Å². The van der Waals surface area contributed by atoms with Crippen LogP contribution in [0.5, 0.6) is 0 Å². The molecule has 0 aromatic heterocycles. The van der Waals surface area contributed by atoms with Crippen molar-refractivity contribution in [2.45, 2.75) is 161 Å². The SMILES string of the molecule is CCCCCCCCCCCCCCC(=O)OC(CO)COP(=O)(O)OCC(CO)OC(=O)CCCCCCCCC. The lowest BCUT2D eigenvalue weighted by atomic mass is 10.0. The smallest absolute Gasteiger partial charge is 0.457 e. The van der Waals surface area contributed by atoms with Crippen LogP contribution in [0.25, 0.3) is 0 Å². The summed E-state index contributed by atoms with van der Waals surface area (Å²) in [7, 11) is -4.61. The van der Waals surface area contributed by atoms with Crippen molar-refractivity contribution in [3.05, 3.63) is 0 Å². The van der Waals surface area contributed by atoms with Crippen LogP contribution in [0.15, 0.2) is 0 Å². The minimum Gasteiger partial charge on any atom is -0.457 e. The van der Waals surface area contributed by atoms with E-state index in [0.29, 0.717) is 12.8 Å². The molecule has 0 saturated carbocycles. The summed E-state index contributed by atoms with van der Waals surface area (Å²) < 4.78 is 32.2. The van der Waals surface area contributed by atoms with Gasteiger partial charge in [-0.3, -0.25) is 18.6 Å². The van der Waals surface area contributed by atoms with Gasteiger partial charge in [0.05, 0.1) is 26.4 Å². The lowest BCUT2D eigenvalue weighted by Crippen LogP contribution is -2.28. The summed E-state index contributed by atoms with van der Waals surface area (Å²) in [4.78, 5) is 34.0. The van der Waals surface area contributed by atoms with Crippen LogP contribution in [0.2, 0.25) is 0 Å². The molecule has 0 heterocycles. The summed E-state index contributed by atoms with van der Waals surface area (Å²) >= 11 is 0. The average molecular weight is 625 g/mol. The van der Waals surface area contributed by atoms with Gasteiger partial charge in [0.15, 0.2) is 0 Å². The number of carbonyl (C=O) groups excluding carboxylic acids is 2. The Hall–Kier alpha value is -1.03. The van der Waals surface area contributed by atoms with E-state index >= 15 is 0 Å². The number of carbonyl (C=O) groups is 2. The first kappa shape index (κ1) is 41.0. The molecule has 3 N–H and O–H groups in total. The third-order valence-electron chi connectivity index (χ3n) is 7.07. The molecular formula is C31H61O10P. The maximum atomic E-state index is 12.2. The van der Waals surface area contributed by atoms with E-state index in [4.69, 9.17) is 18.5 Å². The highest BCUT2D eigenvalue weighted by molar-refractivity contribution is 7.47. The zero-order valence-electron chi connectivity index (χ0n) is 26.5. The Bertz CT molecular complexity index is 691. The van der Waals surface area contributed by atoms with Crippen LogP contribution < -0.4 is 0 Å². The van der Waals surface area contributed by atoms with Crippen molar-refractivity contribution in [3.63, 3.8) is 0 Å². The van der Waals surface area contributed by atoms with Gasteiger partial charge in [-0.1, -0.05) is 123 Å². The van der Waals surface area contributed by atoms with Crippen molar-refractivity contribution in [3.8, 4) is 0 Å². The largest absolute Gasteiger partial charge is 0.472 e. The molecule has 10 nitrogen and oxygen atoms in total. The van der Waals surface area contributed by atoms with Crippen LogP contribution in [0.4, 0.5) is 0 Å². The number of hydrogen-bond donors (Lipinski definition) is 3. The molecular weight excluding hydrogens is 563 g/mol. The second-order valence-corrected chi connectivity index (χ2v) is 12.6. The molecule has 0 fully saturated rings. The summed E-state index contributed by atoms with van der Waals surface area (Å²) in [5.41, 5.74) is 0. The number of unbranched alkanes of at least 4 members (excludes halogenated alkanes) is 17. The molecule has 0 saturated heterocycles. The van der Waals surface area contributed by atoms with Crippen molar-refractivity contribution in [1.82, 2.24) is 0 Å². The third-order valence-corrected chi connectivity index (χ3v) is 8.02. The first-order valence-corrected chi connectivity index (χ1v) is 18.0. The highest BCUT2D eigenvalue weighted by Crippen LogP contribution is 2.43. The molecule has 250 valence electrons. The normalized spacial score (nSPS) is 14.3. The summed E-state index contributed by atoms with van der Waals surface area (Å²) in [5.74, 6) is -1.02. The van der Waals surface area contributed by atoms with E-state index in [1.807, 2.05) is 0 Å². The zero-order valence-corrected chi connectivity index (χ0v) is 27.4. The van der Waals surface area contributed by atoms with Gasteiger partial charge >= 0.3 is 19.8 Å². The Morgan fingerprint density at radius 1 is 0.548 bits per heavy atom. The Labute approximate surface area is 254 Å². The number of rotatable bonds is 31. The summed E-state index contributed by atoms with van der Waals surface area (Å²) in [6, 6.07) is 0. The molecule has 0 aliphatic rings. The van der Waals surface area contributed by atoms with E-state index in [9.17, 15) is 29.3 Å². The highest BCUT2D eigenvalue weighted by Gasteiger charge is 2.27. The molecule has 0 aliphatic heterocycles. The quantitative estimate of drug-likeness (QED) is 0.0412. The topological polar surface area (TPSA) is 149 Å².